The third-order valence-electron chi connectivity index (χ3n) is 3.99. The van der Waals surface area contributed by atoms with E-state index in [0.717, 1.165) is 25.2 Å². The molecule has 2 unspecified atom stereocenters. The lowest BCUT2D eigenvalue weighted by atomic mass is 9.85. The Balaban J connectivity index is 2.29. The summed E-state index contributed by atoms with van der Waals surface area (Å²) in [6.45, 7) is 4.69. The van der Waals surface area contributed by atoms with Crippen molar-refractivity contribution in [2.24, 2.45) is 5.92 Å². The number of aliphatic hydroxyl groups is 1. The summed E-state index contributed by atoms with van der Waals surface area (Å²) in [4.78, 5) is 2.09. The van der Waals surface area contributed by atoms with Gasteiger partial charge < -0.3 is 19.5 Å². The van der Waals surface area contributed by atoms with E-state index in [4.69, 9.17) is 9.47 Å². The second-order valence-electron chi connectivity index (χ2n) is 5.80. The zero-order chi connectivity index (χ0) is 14.8. The van der Waals surface area contributed by atoms with E-state index in [-0.39, 0.29) is 5.92 Å². The Morgan fingerprint density at radius 1 is 1.60 bits per heavy atom. The van der Waals surface area contributed by atoms with Crippen LogP contribution in [0.4, 0.5) is 0 Å². The van der Waals surface area contributed by atoms with E-state index in [1.165, 1.54) is 0 Å². The predicted molar refractivity (Wildman–Crippen MR) is 75.8 cm³/mol. The van der Waals surface area contributed by atoms with Gasteiger partial charge in [-0.2, -0.15) is 5.10 Å². The maximum absolute atomic E-state index is 11.0. The van der Waals surface area contributed by atoms with Crippen LogP contribution in [0, 0.1) is 5.92 Å². The van der Waals surface area contributed by atoms with Crippen molar-refractivity contribution in [2.45, 2.75) is 25.5 Å². The van der Waals surface area contributed by atoms with E-state index >= 15 is 0 Å². The number of ether oxygens (including phenoxy) is 2. The lowest BCUT2D eigenvalue weighted by Gasteiger charge is -2.30. The van der Waals surface area contributed by atoms with Gasteiger partial charge >= 0.3 is 0 Å². The molecule has 1 fully saturated rings. The van der Waals surface area contributed by atoms with Crippen molar-refractivity contribution in [3.63, 3.8) is 0 Å². The molecular weight excluding hydrogens is 258 g/mol. The first-order chi connectivity index (χ1) is 9.46. The predicted octanol–water partition coefficient (Wildman–Crippen LogP) is 0.697. The van der Waals surface area contributed by atoms with Crippen LogP contribution in [0.5, 0.6) is 5.75 Å². The third kappa shape index (κ3) is 2.97. The molecule has 1 N–H and O–H groups in total. The molecule has 6 heteroatoms. The summed E-state index contributed by atoms with van der Waals surface area (Å²) < 4.78 is 12.6. The minimum Gasteiger partial charge on any atom is -0.493 e. The second kappa shape index (κ2) is 6.11. The highest BCUT2D eigenvalue weighted by Gasteiger charge is 2.41. The van der Waals surface area contributed by atoms with E-state index < -0.39 is 5.60 Å². The Bertz CT molecular complexity index is 437. The number of rotatable bonds is 6. The van der Waals surface area contributed by atoms with Gasteiger partial charge in [0.25, 0.3) is 0 Å². The van der Waals surface area contributed by atoms with Crippen molar-refractivity contribution in [1.29, 1.82) is 0 Å². The van der Waals surface area contributed by atoms with Crippen molar-refractivity contribution in [3.05, 3.63) is 11.9 Å². The topological polar surface area (TPSA) is 59.8 Å². The molecule has 1 aromatic rings. The van der Waals surface area contributed by atoms with Crippen molar-refractivity contribution in [3.8, 4) is 5.75 Å². The van der Waals surface area contributed by atoms with Gasteiger partial charge in [-0.15, -0.1) is 0 Å². The number of likely N-dealkylation sites (N-methyl/N-ethyl adjacent to an activating group) is 1. The maximum atomic E-state index is 11.0. The molecular formula is C14H25N3O3. The van der Waals surface area contributed by atoms with Gasteiger partial charge in [0.05, 0.1) is 26.5 Å². The standard InChI is InChI=1S/C14H25N3O3/c1-14(18,11-5-8-20-10-11)13-12(19-4)9-15-17(13)7-6-16(2)3/h9,11,18H,5-8,10H2,1-4H3. The van der Waals surface area contributed by atoms with Gasteiger partial charge in [-0.1, -0.05) is 0 Å². The zero-order valence-corrected chi connectivity index (χ0v) is 12.8. The molecule has 0 bridgehead atoms. The number of aromatic nitrogens is 2. The highest BCUT2D eigenvalue weighted by atomic mass is 16.5. The molecule has 2 atom stereocenters. The van der Waals surface area contributed by atoms with Crippen LogP contribution < -0.4 is 4.74 Å². The van der Waals surface area contributed by atoms with Crippen LogP contribution >= 0.6 is 0 Å². The molecule has 2 rings (SSSR count). The number of methoxy groups -OCH3 is 1. The Hall–Kier alpha value is -1.11. The fourth-order valence-electron chi connectivity index (χ4n) is 2.66. The first-order valence-corrected chi connectivity index (χ1v) is 7.02. The Morgan fingerprint density at radius 3 is 2.90 bits per heavy atom. The lowest BCUT2D eigenvalue weighted by molar-refractivity contribution is -0.0193. The summed E-state index contributed by atoms with van der Waals surface area (Å²) >= 11 is 0. The van der Waals surface area contributed by atoms with Crippen molar-refractivity contribution in [2.75, 3.05) is 41.0 Å². The van der Waals surface area contributed by atoms with E-state index in [1.807, 2.05) is 25.7 Å². The van der Waals surface area contributed by atoms with Gasteiger partial charge in [0.1, 0.15) is 11.3 Å². The fourth-order valence-corrected chi connectivity index (χ4v) is 2.66. The first-order valence-electron chi connectivity index (χ1n) is 7.02. The maximum Gasteiger partial charge on any atom is 0.162 e. The van der Waals surface area contributed by atoms with Gasteiger partial charge in [0.2, 0.25) is 0 Å². The van der Waals surface area contributed by atoms with Crippen molar-refractivity contribution < 1.29 is 14.6 Å². The van der Waals surface area contributed by atoms with Crippen molar-refractivity contribution >= 4 is 0 Å². The van der Waals surface area contributed by atoms with Crippen molar-refractivity contribution in [1.82, 2.24) is 14.7 Å². The van der Waals surface area contributed by atoms with Gasteiger partial charge in [0.15, 0.2) is 5.75 Å². The molecule has 1 saturated heterocycles. The molecule has 1 aromatic heterocycles. The summed E-state index contributed by atoms with van der Waals surface area (Å²) in [5.41, 5.74) is -0.248. The van der Waals surface area contributed by atoms with Crippen LogP contribution in [-0.2, 0) is 16.9 Å². The Kier molecular flexibility index (Phi) is 4.67. The molecule has 1 aliphatic rings. The molecule has 2 heterocycles. The molecule has 114 valence electrons. The molecule has 0 aliphatic carbocycles. The second-order valence-corrected chi connectivity index (χ2v) is 5.80. The smallest absolute Gasteiger partial charge is 0.162 e. The van der Waals surface area contributed by atoms with E-state index in [2.05, 4.69) is 10.00 Å². The van der Waals surface area contributed by atoms with Crippen LogP contribution in [-0.4, -0.2) is 60.8 Å². The van der Waals surface area contributed by atoms with Crippen LogP contribution in [0.2, 0.25) is 0 Å². The van der Waals surface area contributed by atoms with Crippen LogP contribution in [0.15, 0.2) is 6.20 Å². The van der Waals surface area contributed by atoms with E-state index in [0.29, 0.717) is 19.0 Å². The fraction of sp³-hybridized carbons (Fsp3) is 0.786. The molecule has 1 aliphatic heterocycles. The highest BCUT2D eigenvalue weighted by Crippen LogP contribution is 2.39. The van der Waals surface area contributed by atoms with E-state index in [9.17, 15) is 5.11 Å². The normalized spacial score (nSPS) is 22.2. The quantitative estimate of drug-likeness (QED) is 0.832. The largest absolute Gasteiger partial charge is 0.493 e. The SMILES string of the molecule is COc1cnn(CCN(C)C)c1C(C)(O)C1CCOC1. The Labute approximate surface area is 120 Å². The van der Waals surface area contributed by atoms with Gasteiger partial charge in [-0.3, -0.25) is 4.68 Å². The highest BCUT2D eigenvalue weighted by molar-refractivity contribution is 5.31. The molecule has 0 amide bonds. The third-order valence-corrected chi connectivity index (χ3v) is 3.99. The summed E-state index contributed by atoms with van der Waals surface area (Å²) in [5, 5.41) is 15.4. The summed E-state index contributed by atoms with van der Waals surface area (Å²) in [5.74, 6) is 0.715. The monoisotopic (exact) mass is 283 g/mol. The summed E-state index contributed by atoms with van der Waals surface area (Å²) in [6.07, 6.45) is 2.53. The van der Waals surface area contributed by atoms with Crippen LogP contribution in [0.1, 0.15) is 19.0 Å². The first kappa shape index (κ1) is 15.3. The lowest BCUT2D eigenvalue weighted by Crippen LogP contribution is -2.36. The molecule has 0 spiro atoms. The summed E-state index contributed by atoms with van der Waals surface area (Å²) in [7, 11) is 5.64. The van der Waals surface area contributed by atoms with E-state index in [1.54, 1.807) is 13.3 Å². The average molecular weight is 283 g/mol. The van der Waals surface area contributed by atoms with Gasteiger partial charge in [-0.05, 0) is 27.4 Å². The molecule has 6 nitrogen and oxygen atoms in total. The molecule has 0 radical (unpaired) electrons. The number of hydrogen-bond acceptors (Lipinski definition) is 5. The molecule has 0 aromatic carbocycles. The van der Waals surface area contributed by atoms with Gasteiger partial charge in [-0.25, -0.2) is 0 Å². The van der Waals surface area contributed by atoms with Crippen LogP contribution in [0.25, 0.3) is 0 Å². The zero-order valence-electron chi connectivity index (χ0n) is 12.8. The summed E-state index contributed by atoms with van der Waals surface area (Å²) in [6, 6.07) is 0. The minimum absolute atomic E-state index is 0.0752. The van der Waals surface area contributed by atoms with Crippen LogP contribution in [0.3, 0.4) is 0 Å². The number of nitrogens with zero attached hydrogens (tertiary/aromatic N) is 3. The number of hydrogen-bond donors (Lipinski definition) is 1. The van der Waals surface area contributed by atoms with Gasteiger partial charge in [0, 0.05) is 19.1 Å². The Morgan fingerprint density at radius 2 is 2.35 bits per heavy atom. The molecule has 0 saturated carbocycles. The molecule has 20 heavy (non-hydrogen) atoms. The minimum atomic E-state index is -0.995. The average Bonchev–Trinajstić information content (AvgIpc) is 3.05.